The zero-order valence-corrected chi connectivity index (χ0v) is 18.3. The number of rotatable bonds is 6. The number of carbonyl (C=O) groups is 1. The molecule has 9 nitrogen and oxygen atoms in total. The lowest BCUT2D eigenvalue weighted by atomic mass is 10.0. The lowest BCUT2D eigenvalue weighted by molar-refractivity contribution is 0.0992. The normalized spacial score (nSPS) is 14.2. The highest BCUT2D eigenvalue weighted by Gasteiger charge is 2.29. The number of hydrogen-bond donors (Lipinski definition) is 0. The molecule has 0 bridgehead atoms. The van der Waals surface area contributed by atoms with E-state index in [0.717, 1.165) is 35.4 Å². The molecular weight excluding hydrogens is 404 g/mol. The van der Waals surface area contributed by atoms with Gasteiger partial charge in [-0.1, -0.05) is 5.21 Å². The van der Waals surface area contributed by atoms with Gasteiger partial charge in [-0.15, -0.1) is 5.10 Å². The van der Waals surface area contributed by atoms with Gasteiger partial charge in [0.25, 0.3) is 0 Å². The van der Waals surface area contributed by atoms with Crippen LogP contribution in [-0.2, 0) is 13.5 Å². The topological polar surface area (TPSA) is 92.9 Å². The van der Waals surface area contributed by atoms with Crippen LogP contribution >= 0.6 is 0 Å². The molecule has 1 saturated heterocycles. The van der Waals surface area contributed by atoms with Gasteiger partial charge in [-0.2, -0.15) is 0 Å². The summed E-state index contributed by atoms with van der Waals surface area (Å²) < 4.78 is 1.64. The fraction of sp³-hybridized carbons (Fsp3) is 0.304. The van der Waals surface area contributed by atoms with Gasteiger partial charge in [0.2, 0.25) is 0 Å². The number of pyridine rings is 3. The fourth-order valence-corrected chi connectivity index (χ4v) is 3.79. The third-order valence-corrected chi connectivity index (χ3v) is 5.85. The highest BCUT2D eigenvalue weighted by Crippen LogP contribution is 2.23. The molecule has 0 unspecified atom stereocenters. The highest BCUT2D eigenvalue weighted by atomic mass is 16.1. The molecule has 0 amide bonds. The third kappa shape index (κ3) is 3.94. The molecule has 0 N–H and O–H groups in total. The van der Waals surface area contributed by atoms with E-state index in [1.54, 1.807) is 29.3 Å². The summed E-state index contributed by atoms with van der Waals surface area (Å²) in [5.74, 6) is 0.869. The van der Waals surface area contributed by atoms with Crippen molar-refractivity contribution >= 4 is 22.4 Å². The first-order valence-electron chi connectivity index (χ1n) is 10.5. The molecule has 0 aliphatic carbocycles. The molecule has 4 aromatic rings. The Morgan fingerprint density at radius 1 is 1.06 bits per heavy atom. The minimum Gasteiger partial charge on any atom is -0.353 e. The molecular formula is C23H24N8O. The van der Waals surface area contributed by atoms with E-state index >= 15 is 0 Å². The summed E-state index contributed by atoms with van der Waals surface area (Å²) in [4.78, 5) is 30.7. The molecule has 0 saturated carbocycles. The summed E-state index contributed by atoms with van der Waals surface area (Å²) in [7, 11) is 5.98. The number of fused-ring (bicyclic) bond motifs is 1. The molecule has 0 radical (unpaired) electrons. The average Bonchev–Trinajstić information content (AvgIpc) is 3.18. The smallest absolute Gasteiger partial charge is 0.169 e. The second-order valence-corrected chi connectivity index (χ2v) is 8.39. The van der Waals surface area contributed by atoms with Crippen LogP contribution in [0.4, 0.5) is 5.82 Å². The molecule has 0 atom stereocenters. The highest BCUT2D eigenvalue weighted by molar-refractivity contribution is 5.98. The first-order chi connectivity index (χ1) is 15.5. The number of aromatic nitrogens is 6. The van der Waals surface area contributed by atoms with Gasteiger partial charge >= 0.3 is 0 Å². The van der Waals surface area contributed by atoms with Crippen LogP contribution in [0.3, 0.4) is 0 Å². The molecule has 32 heavy (non-hydrogen) atoms. The number of likely N-dealkylation sites (N-methyl/N-ethyl adjacent to an activating group) is 1. The monoisotopic (exact) mass is 428 g/mol. The molecule has 0 aromatic carbocycles. The molecule has 4 aromatic heterocycles. The van der Waals surface area contributed by atoms with E-state index in [-0.39, 0.29) is 12.2 Å². The Hall–Kier alpha value is -3.72. The summed E-state index contributed by atoms with van der Waals surface area (Å²) >= 11 is 0. The minimum absolute atomic E-state index is 0.0217. The number of carbonyl (C=O) groups excluding carboxylic acids is 1. The van der Waals surface area contributed by atoms with Crippen LogP contribution in [0, 0.1) is 0 Å². The van der Waals surface area contributed by atoms with E-state index in [1.165, 1.54) is 0 Å². The Morgan fingerprint density at radius 2 is 1.88 bits per heavy atom. The molecule has 1 aliphatic rings. The van der Waals surface area contributed by atoms with E-state index in [9.17, 15) is 4.79 Å². The third-order valence-electron chi connectivity index (χ3n) is 5.85. The Bertz CT molecular complexity index is 1290. The van der Waals surface area contributed by atoms with Crippen molar-refractivity contribution in [2.24, 2.45) is 7.05 Å². The van der Waals surface area contributed by atoms with Crippen LogP contribution in [0.25, 0.3) is 22.2 Å². The first kappa shape index (κ1) is 20.2. The molecule has 5 heterocycles. The van der Waals surface area contributed by atoms with Gasteiger partial charge in [-0.3, -0.25) is 19.4 Å². The summed E-state index contributed by atoms with van der Waals surface area (Å²) in [6.07, 6.45) is 7.27. The maximum Gasteiger partial charge on any atom is 0.169 e. The van der Waals surface area contributed by atoms with Crippen molar-refractivity contribution in [1.82, 2.24) is 34.8 Å². The molecule has 1 fully saturated rings. The van der Waals surface area contributed by atoms with E-state index < -0.39 is 0 Å². The Morgan fingerprint density at radius 3 is 2.62 bits per heavy atom. The minimum atomic E-state index is 0.0217. The van der Waals surface area contributed by atoms with Crippen molar-refractivity contribution in [2.45, 2.75) is 12.5 Å². The second-order valence-electron chi connectivity index (χ2n) is 8.39. The Kier molecular flexibility index (Phi) is 5.10. The van der Waals surface area contributed by atoms with E-state index in [0.29, 0.717) is 23.0 Å². The van der Waals surface area contributed by atoms with Crippen molar-refractivity contribution in [3.63, 3.8) is 0 Å². The van der Waals surface area contributed by atoms with Crippen LogP contribution in [0.15, 0.2) is 49.1 Å². The van der Waals surface area contributed by atoms with Crippen LogP contribution in [0.1, 0.15) is 16.1 Å². The van der Waals surface area contributed by atoms with E-state index in [4.69, 9.17) is 0 Å². The van der Waals surface area contributed by atoms with Crippen molar-refractivity contribution in [3.8, 4) is 11.4 Å². The predicted molar refractivity (Wildman–Crippen MR) is 121 cm³/mol. The van der Waals surface area contributed by atoms with Crippen LogP contribution in [-0.4, -0.2) is 73.9 Å². The first-order valence-corrected chi connectivity index (χ1v) is 10.5. The molecule has 5 rings (SSSR count). The number of hydrogen-bond acceptors (Lipinski definition) is 8. The van der Waals surface area contributed by atoms with Crippen LogP contribution in [0.2, 0.25) is 0 Å². The van der Waals surface area contributed by atoms with Crippen molar-refractivity contribution < 1.29 is 4.79 Å². The summed E-state index contributed by atoms with van der Waals surface area (Å²) in [5, 5.41) is 9.96. The number of anilines is 1. The maximum absolute atomic E-state index is 13.0. The quantitative estimate of drug-likeness (QED) is 0.431. The van der Waals surface area contributed by atoms with Crippen LogP contribution < -0.4 is 4.90 Å². The lowest BCUT2D eigenvalue weighted by Crippen LogP contribution is -2.57. The van der Waals surface area contributed by atoms with E-state index in [1.807, 2.05) is 31.4 Å². The Labute approximate surface area is 185 Å². The van der Waals surface area contributed by atoms with Gasteiger partial charge < -0.3 is 9.80 Å². The van der Waals surface area contributed by atoms with Gasteiger partial charge in [0.1, 0.15) is 11.5 Å². The second kappa shape index (κ2) is 8.08. The zero-order chi connectivity index (χ0) is 22.2. The number of ketones is 1. The largest absolute Gasteiger partial charge is 0.353 e. The van der Waals surface area contributed by atoms with Crippen molar-refractivity contribution in [3.05, 3.63) is 60.3 Å². The van der Waals surface area contributed by atoms with E-state index in [2.05, 4.69) is 49.2 Å². The standard InChI is InChI=1S/C23H24N8O/c1-29(2)19-12-31(13-19)23-8-15(4-5-24-23)22(32)9-18-6-16-7-20(21-14-30(3)28-27-21)26-11-17(16)10-25-18/h4-8,10-11,14,19H,9,12-13H2,1-3H3. The van der Waals surface area contributed by atoms with Gasteiger partial charge in [0.15, 0.2) is 5.78 Å². The van der Waals surface area contributed by atoms with Gasteiger partial charge in [0, 0.05) is 61.4 Å². The summed E-state index contributed by atoms with van der Waals surface area (Å²) in [5.41, 5.74) is 2.81. The molecule has 162 valence electrons. The zero-order valence-electron chi connectivity index (χ0n) is 18.3. The summed E-state index contributed by atoms with van der Waals surface area (Å²) in [6.45, 7) is 1.85. The maximum atomic E-state index is 13.0. The van der Waals surface area contributed by atoms with Gasteiger partial charge in [-0.25, -0.2) is 4.98 Å². The van der Waals surface area contributed by atoms with Crippen molar-refractivity contribution in [1.29, 1.82) is 0 Å². The number of nitrogens with zero attached hydrogens (tertiary/aromatic N) is 8. The average molecular weight is 429 g/mol. The molecule has 1 aliphatic heterocycles. The molecule has 0 spiro atoms. The van der Waals surface area contributed by atoms with Crippen molar-refractivity contribution in [2.75, 3.05) is 32.1 Å². The van der Waals surface area contributed by atoms with Gasteiger partial charge in [-0.05, 0) is 43.7 Å². The number of Topliss-reactive ketones (excluding diaryl/α,β-unsaturated/α-hetero) is 1. The van der Waals surface area contributed by atoms with Crippen LogP contribution in [0.5, 0.6) is 0 Å². The van der Waals surface area contributed by atoms with Gasteiger partial charge in [0.05, 0.1) is 18.3 Å². The predicted octanol–water partition coefficient (Wildman–Crippen LogP) is 2.00. The molecule has 9 heteroatoms. The number of aryl methyl sites for hydroxylation is 1. The Balaban J connectivity index is 1.34. The fourth-order valence-electron chi connectivity index (χ4n) is 3.79. The summed E-state index contributed by atoms with van der Waals surface area (Å²) in [6, 6.07) is 8.06. The SMILES string of the molecule is CN(C)C1CN(c2cc(C(=O)Cc3cc4cc(-c5cn(C)nn5)ncc4cn3)ccn2)C1. The lowest BCUT2D eigenvalue weighted by Gasteiger charge is -2.43.